The lowest BCUT2D eigenvalue weighted by Gasteiger charge is -2.49. The van der Waals surface area contributed by atoms with Gasteiger partial charge < -0.3 is 15.0 Å². The monoisotopic (exact) mass is 254 g/mol. The number of nitrogens with one attached hydrogen (secondary N) is 1. The van der Waals surface area contributed by atoms with Crippen LogP contribution in [0.4, 0.5) is 0 Å². The van der Waals surface area contributed by atoms with Crippen molar-refractivity contribution in [3.63, 3.8) is 0 Å². The topological polar surface area (TPSA) is 58.6 Å². The summed E-state index contributed by atoms with van der Waals surface area (Å²) in [5.41, 5.74) is -0.611. The molecule has 5 nitrogen and oxygen atoms in total. The van der Waals surface area contributed by atoms with Gasteiger partial charge in [-0.05, 0) is 19.8 Å². The summed E-state index contributed by atoms with van der Waals surface area (Å²) in [5.74, 6) is 0.0407. The molecule has 0 bridgehead atoms. The second kappa shape index (κ2) is 5.26. The zero-order valence-corrected chi connectivity index (χ0v) is 11.2. The second-order valence-corrected chi connectivity index (χ2v) is 5.27. The molecule has 1 saturated carbocycles. The van der Waals surface area contributed by atoms with Gasteiger partial charge in [-0.2, -0.15) is 0 Å². The van der Waals surface area contributed by atoms with Crippen molar-refractivity contribution in [2.24, 2.45) is 0 Å². The van der Waals surface area contributed by atoms with Crippen molar-refractivity contribution in [3.05, 3.63) is 0 Å². The minimum atomic E-state index is -0.611. The molecule has 102 valence electrons. The molecule has 1 unspecified atom stereocenters. The predicted molar refractivity (Wildman–Crippen MR) is 67.0 cm³/mol. The molecule has 1 saturated heterocycles. The van der Waals surface area contributed by atoms with Crippen LogP contribution < -0.4 is 5.32 Å². The number of rotatable bonds is 3. The summed E-state index contributed by atoms with van der Waals surface area (Å²) >= 11 is 0. The first-order valence-corrected chi connectivity index (χ1v) is 6.73. The van der Waals surface area contributed by atoms with Crippen LogP contribution in [0.1, 0.15) is 39.0 Å². The molecule has 1 heterocycles. The van der Waals surface area contributed by atoms with Crippen molar-refractivity contribution in [1.82, 2.24) is 10.2 Å². The fourth-order valence-corrected chi connectivity index (χ4v) is 3.10. The van der Waals surface area contributed by atoms with Crippen LogP contribution in [0.2, 0.25) is 0 Å². The maximum absolute atomic E-state index is 12.4. The average molecular weight is 254 g/mol. The van der Waals surface area contributed by atoms with Gasteiger partial charge in [-0.15, -0.1) is 0 Å². The van der Waals surface area contributed by atoms with Gasteiger partial charge in [0.2, 0.25) is 11.8 Å². The van der Waals surface area contributed by atoms with Gasteiger partial charge in [-0.1, -0.05) is 19.3 Å². The Morgan fingerprint density at radius 3 is 2.61 bits per heavy atom. The molecule has 0 aromatic carbocycles. The highest BCUT2D eigenvalue weighted by molar-refractivity contribution is 5.99. The Balaban J connectivity index is 2.25. The molecule has 1 aliphatic carbocycles. The van der Waals surface area contributed by atoms with Crippen molar-refractivity contribution < 1.29 is 14.3 Å². The molecule has 0 aromatic rings. The Bertz CT molecular complexity index is 337. The van der Waals surface area contributed by atoms with Gasteiger partial charge in [0.15, 0.2) is 0 Å². The maximum Gasteiger partial charge on any atom is 0.246 e. The largest absolute Gasteiger partial charge is 0.383 e. The highest BCUT2D eigenvalue weighted by atomic mass is 16.5. The fourth-order valence-electron chi connectivity index (χ4n) is 3.10. The fraction of sp³-hybridized carbons (Fsp3) is 0.846. The number of carbonyl (C=O) groups is 2. The Hall–Kier alpha value is -1.10. The summed E-state index contributed by atoms with van der Waals surface area (Å²) in [6.07, 6.45) is 4.73. The smallest absolute Gasteiger partial charge is 0.246 e. The molecule has 5 heteroatoms. The Morgan fingerprint density at radius 2 is 2.00 bits per heavy atom. The first kappa shape index (κ1) is 13.3. The molecule has 2 aliphatic rings. The molecule has 2 rings (SSSR count). The highest BCUT2D eigenvalue weighted by Gasteiger charge is 2.51. The molecule has 18 heavy (non-hydrogen) atoms. The number of piperazine rings is 1. The van der Waals surface area contributed by atoms with E-state index in [2.05, 4.69) is 5.32 Å². The van der Waals surface area contributed by atoms with E-state index >= 15 is 0 Å². The van der Waals surface area contributed by atoms with Crippen molar-refractivity contribution >= 4 is 11.8 Å². The summed E-state index contributed by atoms with van der Waals surface area (Å²) in [5, 5.41) is 2.82. The highest BCUT2D eigenvalue weighted by Crippen LogP contribution is 2.36. The van der Waals surface area contributed by atoms with Crippen LogP contribution in [0.15, 0.2) is 0 Å². The van der Waals surface area contributed by atoms with Crippen LogP contribution in [0.25, 0.3) is 0 Å². The van der Waals surface area contributed by atoms with E-state index in [9.17, 15) is 9.59 Å². The third-order valence-corrected chi connectivity index (χ3v) is 4.12. The summed E-state index contributed by atoms with van der Waals surface area (Å²) in [6.45, 7) is 2.73. The number of amides is 2. The van der Waals surface area contributed by atoms with Crippen LogP contribution in [0.3, 0.4) is 0 Å². The van der Waals surface area contributed by atoms with Gasteiger partial charge in [-0.25, -0.2) is 0 Å². The number of hydrogen-bond acceptors (Lipinski definition) is 3. The van der Waals surface area contributed by atoms with E-state index in [-0.39, 0.29) is 11.8 Å². The van der Waals surface area contributed by atoms with Crippen LogP contribution >= 0.6 is 0 Å². The molecule has 1 spiro atoms. The molecule has 0 aromatic heterocycles. The molecular formula is C13H22N2O3. The SMILES string of the molecule is COCCN1C(=O)C(C)NC(=O)C12CCCCC2. The number of ether oxygens (including phenoxy) is 1. The molecule has 2 fully saturated rings. The summed E-state index contributed by atoms with van der Waals surface area (Å²) in [4.78, 5) is 26.4. The Kier molecular flexibility index (Phi) is 3.90. The van der Waals surface area contributed by atoms with Gasteiger partial charge in [0.25, 0.3) is 0 Å². The predicted octanol–water partition coefficient (Wildman–Crippen LogP) is 0.683. The second-order valence-electron chi connectivity index (χ2n) is 5.27. The van der Waals surface area contributed by atoms with E-state index < -0.39 is 11.6 Å². The van der Waals surface area contributed by atoms with Crippen molar-refractivity contribution in [2.75, 3.05) is 20.3 Å². The first-order chi connectivity index (χ1) is 8.62. The van der Waals surface area contributed by atoms with Crippen molar-refractivity contribution in [3.8, 4) is 0 Å². The van der Waals surface area contributed by atoms with Gasteiger partial charge in [0.1, 0.15) is 11.6 Å². The van der Waals surface area contributed by atoms with Gasteiger partial charge in [0, 0.05) is 13.7 Å². The Labute approximate surface area is 108 Å². The Morgan fingerprint density at radius 1 is 1.33 bits per heavy atom. The molecular weight excluding hydrogens is 232 g/mol. The van der Waals surface area contributed by atoms with Gasteiger partial charge in [-0.3, -0.25) is 9.59 Å². The minimum Gasteiger partial charge on any atom is -0.383 e. The lowest BCUT2D eigenvalue weighted by Crippen LogP contribution is -2.70. The quantitative estimate of drug-likeness (QED) is 0.806. The third-order valence-electron chi connectivity index (χ3n) is 4.12. The standard InChI is InChI=1S/C13H22N2O3/c1-10-11(16)15(8-9-18-2)13(12(17)14-10)6-4-3-5-7-13/h10H,3-9H2,1-2H3,(H,14,17). The molecule has 1 aliphatic heterocycles. The van der Waals surface area contributed by atoms with E-state index in [1.165, 1.54) is 0 Å². The molecule has 1 atom stereocenters. The number of methoxy groups -OCH3 is 1. The summed E-state index contributed by atoms with van der Waals surface area (Å²) in [7, 11) is 1.62. The number of carbonyl (C=O) groups excluding carboxylic acids is 2. The minimum absolute atomic E-state index is 0.0189. The van der Waals surface area contributed by atoms with E-state index in [1.54, 1.807) is 18.9 Å². The summed E-state index contributed by atoms with van der Waals surface area (Å²) in [6, 6.07) is -0.415. The van der Waals surface area contributed by atoms with Crippen LogP contribution in [-0.4, -0.2) is 48.6 Å². The van der Waals surface area contributed by atoms with Gasteiger partial charge in [0.05, 0.1) is 6.61 Å². The first-order valence-electron chi connectivity index (χ1n) is 6.73. The number of hydrogen-bond donors (Lipinski definition) is 1. The molecule has 0 radical (unpaired) electrons. The van der Waals surface area contributed by atoms with Gasteiger partial charge >= 0.3 is 0 Å². The van der Waals surface area contributed by atoms with E-state index in [0.717, 1.165) is 32.1 Å². The van der Waals surface area contributed by atoms with E-state index in [0.29, 0.717) is 13.2 Å². The summed E-state index contributed by atoms with van der Waals surface area (Å²) < 4.78 is 5.07. The lowest BCUT2D eigenvalue weighted by atomic mass is 9.77. The zero-order chi connectivity index (χ0) is 13.2. The van der Waals surface area contributed by atoms with E-state index in [1.807, 2.05) is 0 Å². The molecule has 1 N–H and O–H groups in total. The van der Waals surface area contributed by atoms with Crippen LogP contribution in [0.5, 0.6) is 0 Å². The zero-order valence-electron chi connectivity index (χ0n) is 11.2. The molecule has 2 amide bonds. The third kappa shape index (κ3) is 2.11. The van der Waals surface area contributed by atoms with Crippen molar-refractivity contribution in [1.29, 1.82) is 0 Å². The van der Waals surface area contributed by atoms with Crippen molar-refractivity contribution in [2.45, 2.75) is 50.6 Å². The average Bonchev–Trinajstić information content (AvgIpc) is 2.38. The normalized spacial score (nSPS) is 27.4. The lowest BCUT2D eigenvalue weighted by molar-refractivity contribution is -0.160. The van der Waals surface area contributed by atoms with Crippen LogP contribution in [-0.2, 0) is 14.3 Å². The maximum atomic E-state index is 12.4. The van der Waals surface area contributed by atoms with Crippen LogP contribution in [0, 0.1) is 0 Å². The number of nitrogens with zero attached hydrogens (tertiary/aromatic N) is 1. The van der Waals surface area contributed by atoms with E-state index in [4.69, 9.17) is 4.74 Å².